The van der Waals surface area contributed by atoms with Crippen molar-refractivity contribution in [3.8, 4) is 6.07 Å². The maximum absolute atomic E-state index is 9.11. The van der Waals surface area contributed by atoms with Crippen LogP contribution in [0.5, 0.6) is 0 Å². The van der Waals surface area contributed by atoms with Gasteiger partial charge in [0.05, 0.1) is 18.7 Å². The normalized spacial score (nSPS) is 16.5. The van der Waals surface area contributed by atoms with E-state index in [1.54, 1.807) is 18.5 Å². The first kappa shape index (κ1) is 12.6. The summed E-state index contributed by atoms with van der Waals surface area (Å²) in [5.74, 6) is 0.712. The molecular weight excluding hydrogens is 252 g/mol. The van der Waals surface area contributed by atoms with Gasteiger partial charge < -0.3 is 4.90 Å². The molecular formula is C14H16N6. The van der Waals surface area contributed by atoms with Crippen LogP contribution >= 0.6 is 0 Å². The van der Waals surface area contributed by atoms with Gasteiger partial charge in [0.15, 0.2) is 0 Å². The van der Waals surface area contributed by atoms with E-state index in [1.807, 2.05) is 17.1 Å². The molecule has 0 bridgehead atoms. The number of anilines is 1. The van der Waals surface area contributed by atoms with Crippen LogP contribution in [0.1, 0.15) is 18.9 Å². The summed E-state index contributed by atoms with van der Waals surface area (Å²) in [6, 6.07) is 4.08. The Labute approximate surface area is 117 Å². The smallest absolute Gasteiger partial charge is 0.225 e. The van der Waals surface area contributed by atoms with E-state index < -0.39 is 0 Å². The first-order chi connectivity index (χ1) is 9.77. The molecule has 0 N–H and O–H groups in total. The number of nitrogens with zero attached hydrogens (tertiary/aromatic N) is 6. The van der Waals surface area contributed by atoms with Gasteiger partial charge in [0.2, 0.25) is 5.95 Å². The molecule has 0 spiro atoms. The highest BCUT2D eigenvalue weighted by molar-refractivity contribution is 5.37. The van der Waals surface area contributed by atoms with E-state index in [9.17, 15) is 0 Å². The van der Waals surface area contributed by atoms with Gasteiger partial charge in [-0.2, -0.15) is 10.4 Å². The van der Waals surface area contributed by atoms with Crippen molar-refractivity contribution in [2.45, 2.75) is 25.3 Å². The number of aromatic nitrogens is 4. The minimum absolute atomic E-state index is 0.249. The molecule has 2 aromatic heterocycles. The van der Waals surface area contributed by atoms with Crippen molar-refractivity contribution in [2.75, 3.05) is 18.0 Å². The standard InChI is InChI=1S/C14H16N6/c1-2-12-8-18-20(9-12)14(4-5-15)10-19(11-14)13-16-6-3-7-17-13/h3,6-9H,2,4,10-11H2,1H3. The molecule has 1 aliphatic heterocycles. The van der Waals surface area contributed by atoms with Gasteiger partial charge in [0.1, 0.15) is 5.54 Å². The number of rotatable bonds is 4. The molecule has 0 aromatic carbocycles. The predicted molar refractivity (Wildman–Crippen MR) is 74.1 cm³/mol. The molecule has 3 rings (SSSR count). The van der Waals surface area contributed by atoms with E-state index in [0.29, 0.717) is 12.4 Å². The Morgan fingerprint density at radius 1 is 1.35 bits per heavy atom. The third-order valence-corrected chi connectivity index (χ3v) is 3.74. The van der Waals surface area contributed by atoms with Gasteiger partial charge in [-0.25, -0.2) is 9.97 Å². The van der Waals surface area contributed by atoms with Crippen molar-refractivity contribution < 1.29 is 0 Å². The van der Waals surface area contributed by atoms with Crippen LogP contribution < -0.4 is 4.90 Å². The highest BCUT2D eigenvalue weighted by Gasteiger charge is 2.46. The summed E-state index contributed by atoms with van der Waals surface area (Å²) in [6.07, 6.45) is 8.78. The second-order valence-electron chi connectivity index (χ2n) is 5.11. The van der Waals surface area contributed by atoms with Crippen LogP contribution in [0.2, 0.25) is 0 Å². The zero-order chi connectivity index (χ0) is 14.0. The fourth-order valence-electron chi connectivity index (χ4n) is 2.55. The largest absolute Gasteiger partial charge is 0.336 e. The Morgan fingerprint density at radius 2 is 2.10 bits per heavy atom. The van der Waals surface area contributed by atoms with Crippen molar-refractivity contribution in [2.24, 2.45) is 0 Å². The molecule has 20 heavy (non-hydrogen) atoms. The lowest BCUT2D eigenvalue weighted by Gasteiger charge is -2.48. The van der Waals surface area contributed by atoms with Crippen molar-refractivity contribution >= 4 is 5.95 Å². The van der Waals surface area contributed by atoms with E-state index >= 15 is 0 Å². The molecule has 6 heteroatoms. The number of hydrogen-bond donors (Lipinski definition) is 0. The zero-order valence-corrected chi connectivity index (χ0v) is 11.4. The molecule has 3 heterocycles. The van der Waals surface area contributed by atoms with Crippen LogP contribution in [0, 0.1) is 11.3 Å². The molecule has 0 amide bonds. The summed E-state index contributed by atoms with van der Waals surface area (Å²) >= 11 is 0. The van der Waals surface area contributed by atoms with E-state index in [-0.39, 0.29) is 5.54 Å². The van der Waals surface area contributed by atoms with E-state index in [1.165, 1.54) is 5.56 Å². The average molecular weight is 268 g/mol. The Bertz CT molecular complexity index is 621. The van der Waals surface area contributed by atoms with Gasteiger partial charge in [0.25, 0.3) is 0 Å². The van der Waals surface area contributed by atoms with Gasteiger partial charge in [-0.15, -0.1) is 0 Å². The molecule has 0 saturated carbocycles. The third-order valence-electron chi connectivity index (χ3n) is 3.74. The van der Waals surface area contributed by atoms with Crippen LogP contribution in [-0.2, 0) is 12.0 Å². The van der Waals surface area contributed by atoms with Gasteiger partial charge >= 0.3 is 0 Å². The Kier molecular flexibility index (Phi) is 3.11. The van der Waals surface area contributed by atoms with E-state index in [0.717, 1.165) is 19.5 Å². The maximum atomic E-state index is 9.11. The summed E-state index contributed by atoms with van der Waals surface area (Å²) in [5, 5.41) is 13.5. The Balaban J connectivity index is 1.81. The highest BCUT2D eigenvalue weighted by Crippen LogP contribution is 2.34. The Morgan fingerprint density at radius 3 is 2.70 bits per heavy atom. The lowest BCUT2D eigenvalue weighted by atomic mass is 9.87. The fraction of sp³-hybridized carbons (Fsp3) is 0.429. The van der Waals surface area contributed by atoms with Crippen LogP contribution in [0.25, 0.3) is 0 Å². The first-order valence-corrected chi connectivity index (χ1v) is 6.70. The first-order valence-electron chi connectivity index (χ1n) is 6.70. The molecule has 2 aromatic rings. The second-order valence-corrected chi connectivity index (χ2v) is 5.11. The van der Waals surface area contributed by atoms with Crippen LogP contribution in [-0.4, -0.2) is 32.8 Å². The van der Waals surface area contributed by atoms with Gasteiger partial charge in [-0.3, -0.25) is 4.68 Å². The predicted octanol–water partition coefficient (Wildman–Crippen LogP) is 1.36. The minimum atomic E-state index is -0.249. The van der Waals surface area contributed by atoms with Gasteiger partial charge in [-0.05, 0) is 18.1 Å². The van der Waals surface area contributed by atoms with Crippen LogP contribution in [0.3, 0.4) is 0 Å². The molecule has 6 nitrogen and oxygen atoms in total. The molecule has 1 saturated heterocycles. The lowest BCUT2D eigenvalue weighted by Crippen LogP contribution is -2.63. The van der Waals surface area contributed by atoms with Crippen molar-refractivity contribution in [3.05, 3.63) is 36.4 Å². The highest BCUT2D eigenvalue weighted by atomic mass is 15.4. The molecule has 102 valence electrons. The monoisotopic (exact) mass is 268 g/mol. The summed E-state index contributed by atoms with van der Waals surface area (Å²) in [6.45, 7) is 3.54. The zero-order valence-electron chi connectivity index (χ0n) is 11.4. The maximum Gasteiger partial charge on any atom is 0.225 e. The van der Waals surface area contributed by atoms with Crippen LogP contribution in [0.15, 0.2) is 30.9 Å². The molecule has 1 aliphatic rings. The number of aryl methyl sites for hydroxylation is 1. The molecule has 0 atom stereocenters. The molecule has 0 aliphatic carbocycles. The number of nitriles is 1. The van der Waals surface area contributed by atoms with Crippen LogP contribution in [0.4, 0.5) is 5.95 Å². The van der Waals surface area contributed by atoms with Gasteiger partial charge in [0, 0.05) is 31.7 Å². The van der Waals surface area contributed by atoms with Crippen molar-refractivity contribution in [1.29, 1.82) is 5.26 Å². The summed E-state index contributed by atoms with van der Waals surface area (Å²) < 4.78 is 1.94. The summed E-state index contributed by atoms with van der Waals surface area (Å²) in [7, 11) is 0. The van der Waals surface area contributed by atoms with Crippen molar-refractivity contribution in [3.63, 3.8) is 0 Å². The summed E-state index contributed by atoms with van der Waals surface area (Å²) in [4.78, 5) is 10.6. The summed E-state index contributed by atoms with van der Waals surface area (Å²) in [5.41, 5.74) is 0.943. The van der Waals surface area contributed by atoms with E-state index in [4.69, 9.17) is 5.26 Å². The quantitative estimate of drug-likeness (QED) is 0.837. The fourth-order valence-corrected chi connectivity index (χ4v) is 2.55. The third kappa shape index (κ3) is 2.01. The minimum Gasteiger partial charge on any atom is -0.336 e. The topological polar surface area (TPSA) is 70.6 Å². The molecule has 1 fully saturated rings. The average Bonchev–Trinajstić information content (AvgIpc) is 2.92. The molecule has 0 unspecified atom stereocenters. The van der Waals surface area contributed by atoms with Crippen molar-refractivity contribution in [1.82, 2.24) is 19.7 Å². The molecule has 0 radical (unpaired) electrons. The van der Waals surface area contributed by atoms with Gasteiger partial charge in [-0.1, -0.05) is 6.92 Å². The lowest BCUT2D eigenvalue weighted by molar-refractivity contribution is 0.196. The SMILES string of the molecule is CCc1cnn(C2(CC#N)CN(c3ncccn3)C2)c1. The number of hydrogen-bond acceptors (Lipinski definition) is 5. The second kappa shape index (κ2) is 4.93. The Hall–Kier alpha value is -2.42. The van der Waals surface area contributed by atoms with E-state index in [2.05, 4.69) is 33.0 Å².